The van der Waals surface area contributed by atoms with Crippen molar-refractivity contribution in [1.29, 1.82) is 0 Å². The van der Waals surface area contributed by atoms with Gasteiger partial charge in [0.1, 0.15) is 5.01 Å². The number of rotatable bonds is 3. The first kappa shape index (κ1) is 9.61. The van der Waals surface area contributed by atoms with E-state index < -0.39 is 0 Å². The second kappa shape index (κ2) is 4.06. The van der Waals surface area contributed by atoms with Crippen molar-refractivity contribution in [1.82, 2.24) is 4.98 Å². The standard InChI is InChI=1S/C9H6BrNO2S/c10-9-6(1-3-13-9)7(12)5-8-11-2-4-14-8/h1-4H,5H2. The zero-order valence-electron chi connectivity index (χ0n) is 7.07. The Hall–Kier alpha value is -0.940. The number of nitrogens with zero attached hydrogens (tertiary/aromatic N) is 1. The predicted molar refractivity (Wildman–Crippen MR) is 56.6 cm³/mol. The minimum atomic E-state index is 0.0144. The van der Waals surface area contributed by atoms with E-state index in [1.807, 2.05) is 5.38 Å². The van der Waals surface area contributed by atoms with Gasteiger partial charge in [-0.15, -0.1) is 11.3 Å². The molecule has 0 unspecified atom stereocenters. The van der Waals surface area contributed by atoms with Crippen LogP contribution in [0, 0.1) is 0 Å². The number of hydrogen-bond donors (Lipinski definition) is 0. The molecule has 0 spiro atoms. The number of carbonyl (C=O) groups excluding carboxylic acids is 1. The van der Waals surface area contributed by atoms with Gasteiger partial charge in [0.25, 0.3) is 0 Å². The smallest absolute Gasteiger partial charge is 0.179 e. The van der Waals surface area contributed by atoms with Gasteiger partial charge < -0.3 is 4.42 Å². The fraction of sp³-hybridized carbons (Fsp3) is 0.111. The van der Waals surface area contributed by atoms with Crippen LogP contribution in [0.15, 0.2) is 33.0 Å². The number of carbonyl (C=O) groups is 1. The highest BCUT2D eigenvalue weighted by Crippen LogP contribution is 2.19. The zero-order valence-corrected chi connectivity index (χ0v) is 9.47. The molecule has 0 fully saturated rings. The van der Waals surface area contributed by atoms with Crippen molar-refractivity contribution >= 4 is 33.0 Å². The third-order valence-electron chi connectivity index (χ3n) is 1.71. The Bertz CT molecular complexity index is 435. The topological polar surface area (TPSA) is 43.1 Å². The second-order valence-electron chi connectivity index (χ2n) is 2.63. The summed E-state index contributed by atoms with van der Waals surface area (Å²) in [7, 11) is 0. The van der Waals surface area contributed by atoms with E-state index in [0.717, 1.165) is 5.01 Å². The van der Waals surface area contributed by atoms with Crippen molar-refractivity contribution in [3.8, 4) is 0 Å². The summed E-state index contributed by atoms with van der Waals surface area (Å²) < 4.78 is 5.47. The molecule has 0 atom stereocenters. The molecule has 2 aromatic heterocycles. The van der Waals surface area contributed by atoms with Crippen LogP contribution in [-0.2, 0) is 6.42 Å². The van der Waals surface area contributed by atoms with Gasteiger partial charge in [0.05, 0.1) is 18.2 Å². The lowest BCUT2D eigenvalue weighted by Crippen LogP contribution is -2.02. The number of hydrogen-bond acceptors (Lipinski definition) is 4. The van der Waals surface area contributed by atoms with E-state index >= 15 is 0 Å². The number of thiazole rings is 1. The molecule has 0 aliphatic rings. The Balaban J connectivity index is 2.14. The maximum absolute atomic E-state index is 11.7. The van der Waals surface area contributed by atoms with Gasteiger partial charge in [0, 0.05) is 11.6 Å². The molecule has 2 aromatic rings. The fourth-order valence-corrected chi connectivity index (χ4v) is 2.14. The van der Waals surface area contributed by atoms with Gasteiger partial charge >= 0.3 is 0 Å². The lowest BCUT2D eigenvalue weighted by molar-refractivity contribution is 0.0991. The van der Waals surface area contributed by atoms with E-state index in [2.05, 4.69) is 20.9 Å². The third kappa shape index (κ3) is 1.93. The molecule has 0 bridgehead atoms. The van der Waals surface area contributed by atoms with Crippen LogP contribution in [0.3, 0.4) is 0 Å². The molecule has 0 N–H and O–H groups in total. The molecule has 0 radical (unpaired) electrons. The summed E-state index contributed by atoms with van der Waals surface area (Å²) in [6.45, 7) is 0. The maximum atomic E-state index is 11.7. The SMILES string of the molecule is O=C(Cc1nccs1)c1ccoc1Br. The second-order valence-corrected chi connectivity index (χ2v) is 4.33. The molecule has 2 rings (SSSR count). The Morgan fingerprint density at radius 3 is 3.07 bits per heavy atom. The van der Waals surface area contributed by atoms with Crippen LogP contribution in [-0.4, -0.2) is 10.8 Å². The van der Waals surface area contributed by atoms with E-state index in [9.17, 15) is 4.79 Å². The Kier molecular flexibility index (Phi) is 2.79. The van der Waals surface area contributed by atoms with Crippen molar-refractivity contribution < 1.29 is 9.21 Å². The van der Waals surface area contributed by atoms with Gasteiger partial charge in [-0.2, -0.15) is 0 Å². The van der Waals surface area contributed by atoms with Gasteiger partial charge in [-0.05, 0) is 22.0 Å². The maximum Gasteiger partial charge on any atom is 0.179 e. The molecule has 3 nitrogen and oxygen atoms in total. The first-order valence-corrected chi connectivity index (χ1v) is 5.59. The van der Waals surface area contributed by atoms with Gasteiger partial charge in [0.2, 0.25) is 0 Å². The number of ketones is 1. The predicted octanol–water partition coefficient (Wildman–Crippen LogP) is 2.92. The zero-order chi connectivity index (χ0) is 9.97. The summed E-state index contributed by atoms with van der Waals surface area (Å²) in [5.41, 5.74) is 0.570. The largest absolute Gasteiger partial charge is 0.457 e. The van der Waals surface area contributed by atoms with E-state index in [0.29, 0.717) is 16.7 Å². The summed E-state index contributed by atoms with van der Waals surface area (Å²) in [6, 6.07) is 1.65. The molecule has 0 saturated heterocycles. The number of Topliss-reactive ketones (excluding diaryl/α,β-unsaturated/α-hetero) is 1. The van der Waals surface area contributed by atoms with Gasteiger partial charge in [0.15, 0.2) is 10.5 Å². The monoisotopic (exact) mass is 271 g/mol. The van der Waals surface area contributed by atoms with Crippen LogP contribution >= 0.6 is 27.3 Å². The number of furan rings is 1. The van der Waals surface area contributed by atoms with E-state index in [4.69, 9.17) is 4.42 Å². The van der Waals surface area contributed by atoms with Gasteiger partial charge in [-0.25, -0.2) is 4.98 Å². The molecule has 0 aliphatic heterocycles. The Labute approximate surface area is 92.9 Å². The van der Waals surface area contributed by atoms with E-state index in [-0.39, 0.29) is 5.78 Å². The summed E-state index contributed by atoms with van der Waals surface area (Å²) >= 11 is 4.64. The first-order chi connectivity index (χ1) is 6.77. The number of halogens is 1. The molecule has 0 saturated carbocycles. The van der Waals surface area contributed by atoms with Crippen molar-refractivity contribution in [2.75, 3.05) is 0 Å². The highest BCUT2D eigenvalue weighted by atomic mass is 79.9. The van der Waals surface area contributed by atoms with Crippen molar-refractivity contribution in [3.05, 3.63) is 39.1 Å². The van der Waals surface area contributed by atoms with Crippen LogP contribution in [0.2, 0.25) is 0 Å². The van der Waals surface area contributed by atoms with Crippen molar-refractivity contribution in [2.45, 2.75) is 6.42 Å². The van der Waals surface area contributed by atoms with E-state index in [1.165, 1.54) is 17.6 Å². The van der Waals surface area contributed by atoms with Crippen molar-refractivity contribution in [3.63, 3.8) is 0 Å². The normalized spacial score (nSPS) is 10.4. The van der Waals surface area contributed by atoms with Gasteiger partial charge in [-0.3, -0.25) is 4.79 Å². The van der Waals surface area contributed by atoms with Crippen LogP contribution in [0.1, 0.15) is 15.4 Å². The Morgan fingerprint density at radius 2 is 2.50 bits per heavy atom. The first-order valence-electron chi connectivity index (χ1n) is 3.92. The average Bonchev–Trinajstić information content (AvgIpc) is 2.75. The lowest BCUT2D eigenvalue weighted by Gasteiger charge is -1.94. The minimum Gasteiger partial charge on any atom is -0.457 e. The third-order valence-corrected chi connectivity index (χ3v) is 3.11. The molecule has 5 heteroatoms. The molecule has 0 amide bonds. The molecule has 0 aliphatic carbocycles. The van der Waals surface area contributed by atoms with Crippen LogP contribution < -0.4 is 0 Å². The van der Waals surface area contributed by atoms with Crippen LogP contribution in [0.4, 0.5) is 0 Å². The quantitative estimate of drug-likeness (QED) is 0.807. The molecule has 72 valence electrons. The average molecular weight is 272 g/mol. The summed E-state index contributed by atoms with van der Waals surface area (Å²) in [6.07, 6.45) is 3.51. The molecule has 2 heterocycles. The number of aromatic nitrogens is 1. The van der Waals surface area contributed by atoms with Crippen LogP contribution in [0.5, 0.6) is 0 Å². The lowest BCUT2D eigenvalue weighted by atomic mass is 10.2. The Morgan fingerprint density at radius 1 is 1.64 bits per heavy atom. The summed E-state index contributed by atoms with van der Waals surface area (Å²) in [5.74, 6) is 0.0144. The van der Waals surface area contributed by atoms with Gasteiger partial charge in [-0.1, -0.05) is 0 Å². The molecule has 0 aromatic carbocycles. The van der Waals surface area contributed by atoms with Crippen LogP contribution in [0.25, 0.3) is 0 Å². The minimum absolute atomic E-state index is 0.0144. The highest BCUT2D eigenvalue weighted by molar-refractivity contribution is 9.10. The van der Waals surface area contributed by atoms with E-state index in [1.54, 1.807) is 12.3 Å². The molecular weight excluding hydrogens is 266 g/mol. The summed E-state index contributed by atoms with van der Waals surface area (Å²) in [4.78, 5) is 15.7. The molecular formula is C9H6BrNO2S. The highest BCUT2D eigenvalue weighted by Gasteiger charge is 2.13. The fourth-order valence-electron chi connectivity index (χ4n) is 1.07. The summed E-state index contributed by atoms with van der Waals surface area (Å²) in [5, 5.41) is 2.68. The van der Waals surface area contributed by atoms with Crippen molar-refractivity contribution in [2.24, 2.45) is 0 Å². The molecule has 14 heavy (non-hydrogen) atoms.